The summed E-state index contributed by atoms with van der Waals surface area (Å²) in [7, 11) is 1.94. The van der Waals surface area contributed by atoms with Gasteiger partial charge in [-0.1, -0.05) is 18.2 Å². The molecule has 2 rings (SSSR count). The SMILES string of the molecule is CCOc1ccc(CN(C)Cc2ccc(F)c(F)c2)cc1. The molecule has 0 heterocycles. The quantitative estimate of drug-likeness (QED) is 0.797. The van der Waals surface area contributed by atoms with E-state index in [1.165, 1.54) is 6.07 Å². The standard InChI is InChI=1S/C17H19F2NO/c1-3-21-15-7-4-13(5-8-15)11-20(2)12-14-6-9-16(18)17(19)10-14/h4-10H,3,11-12H2,1-2H3. The first-order valence-corrected chi connectivity index (χ1v) is 6.92. The van der Waals surface area contributed by atoms with Gasteiger partial charge in [-0.2, -0.15) is 0 Å². The molecule has 0 fully saturated rings. The summed E-state index contributed by atoms with van der Waals surface area (Å²) in [5.41, 5.74) is 1.89. The molecule has 4 heteroatoms. The van der Waals surface area contributed by atoms with Crippen LogP contribution in [-0.2, 0) is 13.1 Å². The highest BCUT2D eigenvalue weighted by Gasteiger charge is 2.06. The van der Waals surface area contributed by atoms with E-state index in [2.05, 4.69) is 0 Å². The van der Waals surface area contributed by atoms with E-state index in [1.54, 1.807) is 6.07 Å². The molecule has 2 aromatic rings. The minimum Gasteiger partial charge on any atom is -0.494 e. The van der Waals surface area contributed by atoms with Crippen LogP contribution >= 0.6 is 0 Å². The van der Waals surface area contributed by atoms with Crippen LogP contribution in [0.25, 0.3) is 0 Å². The second kappa shape index (κ2) is 7.18. The van der Waals surface area contributed by atoms with E-state index >= 15 is 0 Å². The van der Waals surface area contributed by atoms with Crippen molar-refractivity contribution < 1.29 is 13.5 Å². The largest absolute Gasteiger partial charge is 0.494 e. The molecule has 0 N–H and O–H groups in total. The molecule has 0 saturated heterocycles. The molecule has 0 radical (unpaired) electrons. The monoisotopic (exact) mass is 291 g/mol. The number of rotatable bonds is 6. The molecule has 0 spiro atoms. The van der Waals surface area contributed by atoms with Crippen molar-refractivity contribution in [2.75, 3.05) is 13.7 Å². The second-order valence-corrected chi connectivity index (χ2v) is 5.00. The van der Waals surface area contributed by atoms with Crippen LogP contribution in [0.4, 0.5) is 8.78 Å². The maximum Gasteiger partial charge on any atom is 0.159 e. The molecule has 0 aliphatic heterocycles. The van der Waals surface area contributed by atoms with Gasteiger partial charge in [0.2, 0.25) is 0 Å². The van der Waals surface area contributed by atoms with Crippen LogP contribution in [0.2, 0.25) is 0 Å². The van der Waals surface area contributed by atoms with Crippen LogP contribution in [0.15, 0.2) is 42.5 Å². The smallest absolute Gasteiger partial charge is 0.159 e. The molecule has 2 aromatic carbocycles. The zero-order valence-electron chi connectivity index (χ0n) is 12.3. The van der Waals surface area contributed by atoms with Crippen molar-refractivity contribution in [3.63, 3.8) is 0 Å². The van der Waals surface area contributed by atoms with Gasteiger partial charge in [0.15, 0.2) is 11.6 Å². The van der Waals surface area contributed by atoms with Crippen LogP contribution in [0.1, 0.15) is 18.1 Å². The molecule has 21 heavy (non-hydrogen) atoms. The third kappa shape index (κ3) is 4.53. The molecular formula is C17H19F2NO. The summed E-state index contributed by atoms with van der Waals surface area (Å²) < 4.78 is 31.4. The summed E-state index contributed by atoms with van der Waals surface area (Å²) in [5.74, 6) is -0.764. The normalized spacial score (nSPS) is 10.9. The lowest BCUT2D eigenvalue weighted by atomic mass is 10.1. The maximum atomic E-state index is 13.2. The van der Waals surface area contributed by atoms with Crippen molar-refractivity contribution in [1.29, 1.82) is 0 Å². The first kappa shape index (κ1) is 15.4. The summed E-state index contributed by atoms with van der Waals surface area (Å²) in [6.45, 7) is 3.88. The Kier molecular flexibility index (Phi) is 5.28. The number of nitrogens with zero attached hydrogens (tertiary/aromatic N) is 1. The van der Waals surface area contributed by atoms with Crippen molar-refractivity contribution in [3.05, 3.63) is 65.2 Å². The van der Waals surface area contributed by atoms with Crippen LogP contribution in [-0.4, -0.2) is 18.6 Å². The molecule has 112 valence electrons. The van der Waals surface area contributed by atoms with Crippen LogP contribution < -0.4 is 4.74 Å². The molecule has 0 bridgehead atoms. The lowest BCUT2D eigenvalue weighted by Crippen LogP contribution is -2.17. The van der Waals surface area contributed by atoms with Gasteiger partial charge in [0.05, 0.1) is 6.61 Å². The Labute approximate surface area is 124 Å². The predicted molar refractivity (Wildman–Crippen MR) is 79.1 cm³/mol. The Hall–Kier alpha value is -1.94. The fourth-order valence-corrected chi connectivity index (χ4v) is 2.17. The first-order valence-electron chi connectivity index (χ1n) is 6.92. The summed E-state index contributed by atoms with van der Waals surface area (Å²) in [4.78, 5) is 2.04. The molecule has 0 aliphatic carbocycles. The molecule has 0 unspecified atom stereocenters. The molecule has 0 aromatic heterocycles. The maximum absolute atomic E-state index is 13.2. The number of halogens is 2. The van der Waals surface area contributed by atoms with E-state index in [4.69, 9.17) is 4.74 Å². The fourth-order valence-electron chi connectivity index (χ4n) is 2.17. The van der Waals surface area contributed by atoms with E-state index in [-0.39, 0.29) is 0 Å². The van der Waals surface area contributed by atoms with E-state index in [0.29, 0.717) is 13.2 Å². The molecule has 0 atom stereocenters. The van der Waals surface area contributed by atoms with Gasteiger partial charge < -0.3 is 4.74 Å². The predicted octanol–water partition coefficient (Wildman–Crippen LogP) is 4.00. The molecule has 2 nitrogen and oxygen atoms in total. The van der Waals surface area contributed by atoms with E-state index in [0.717, 1.165) is 29.5 Å². The highest BCUT2D eigenvalue weighted by atomic mass is 19.2. The zero-order valence-corrected chi connectivity index (χ0v) is 12.3. The Bertz CT molecular complexity index is 584. The van der Waals surface area contributed by atoms with Gasteiger partial charge in [0.1, 0.15) is 5.75 Å². The van der Waals surface area contributed by atoms with Crippen LogP contribution in [0, 0.1) is 11.6 Å². The molecule has 0 aliphatic rings. The van der Waals surface area contributed by atoms with Crippen molar-refractivity contribution >= 4 is 0 Å². The summed E-state index contributed by atoms with van der Waals surface area (Å²) in [6.07, 6.45) is 0. The number of hydrogen-bond donors (Lipinski definition) is 0. The summed E-state index contributed by atoms with van der Waals surface area (Å²) >= 11 is 0. The third-order valence-corrected chi connectivity index (χ3v) is 3.12. The van der Waals surface area contributed by atoms with E-state index < -0.39 is 11.6 Å². The van der Waals surface area contributed by atoms with Crippen molar-refractivity contribution in [2.24, 2.45) is 0 Å². The highest BCUT2D eigenvalue weighted by molar-refractivity contribution is 5.27. The number of hydrogen-bond acceptors (Lipinski definition) is 2. The van der Waals surface area contributed by atoms with E-state index in [9.17, 15) is 8.78 Å². The van der Waals surface area contributed by atoms with Gasteiger partial charge in [0.25, 0.3) is 0 Å². The minimum absolute atomic E-state index is 0.560. The van der Waals surface area contributed by atoms with Gasteiger partial charge in [-0.25, -0.2) is 8.78 Å². The lowest BCUT2D eigenvalue weighted by molar-refractivity contribution is 0.317. The fraction of sp³-hybridized carbons (Fsp3) is 0.294. The number of ether oxygens (including phenoxy) is 1. The Balaban J connectivity index is 1.94. The van der Waals surface area contributed by atoms with Gasteiger partial charge in [-0.15, -0.1) is 0 Å². The Morgan fingerprint density at radius 1 is 0.905 bits per heavy atom. The zero-order chi connectivity index (χ0) is 15.2. The average Bonchev–Trinajstić information content (AvgIpc) is 2.45. The topological polar surface area (TPSA) is 12.5 Å². The van der Waals surface area contributed by atoms with Crippen molar-refractivity contribution in [1.82, 2.24) is 4.90 Å². The second-order valence-electron chi connectivity index (χ2n) is 5.00. The van der Waals surface area contributed by atoms with Crippen LogP contribution in [0.3, 0.4) is 0 Å². The Morgan fingerprint density at radius 3 is 2.14 bits per heavy atom. The van der Waals surface area contributed by atoms with Gasteiger partial charge in [-0.3, -0.25) is 4.90 Å². The van der Waals surface area contributed by atoms with E-state index in [1.807, 2.05) is 43.1 Å². The Morgan fingerprint density at radius 2 is 1.52 bits per heavy atom. The van der Waals surface area contributed by atoms with Crippen molar-refractivity contribution in [2.45, 2.75) is 20.0 Å². The molecular weight excluding hydrogens is 272 g/mol. The van der Waals surface area contributed by atoms with Gasteiger partial charge in [-0.05, 0) is 49.4 Å². The summed E-state index contributed by atoms with van der Waals surface area (Å²) in [6, 6.07) is 11.9. The lowest BCUT2D eigenvalue weighted by Gasteiger charge is -2.17. The first-order chi connectivity index (χ1) is 10.1. The average molecular weight is 291 g/mol. The summed E-state index contributed by atoms with van der Waals surface area (Å²) in [5, 5.41) is 0. The third-order valence-electron chi connectivity index (χ3n) is 3.12. The van der Waals surface area contributed by atoms with Crippen LogP contribution in [0.5, 0.6) is 5.75 Å². The molecule has 0 saturated carbocycles. The van der Waals surface area contributed by atoms with Crippen molar-refractivity contribution in [3.8, 4) is 5.75 Å². The minimum atomic E-state index is -0.812. The van der Waals surface area contributed by atoms with Gasteiger partial charge >= 0.3 is 0 Å². The molecule has 0 amide bonds. The van der Waals surface area contributed by atoms with Gasteiger partial charge in [0, 0.05) is 13.1 Å². The number of benzene rings is 2. The highest BCUT2D eigenvalue weighted by Crippen LogP contribution is 2.15.